The second-order valence-corrected chi connectivity index (χ2v) is 9.03. The van der Waals surface area contributed by atoms with E-state index in [4.69, 9.17) is 9.47 Å². The molecule has 6 nitrogen and oxygen atoms in total. The Balaban J connectivity index is 1.67. The lowest BCUT2D eigenvalue weighted by Crippen LogP contribution is -2.48. The number of benzene rings is 1. The van der Waals surface area contributed by atoms with Crippen molar-refractivity contribution >= 4 is 10.0 Å². The number of sulfonamides is 1. The maximum Gasteiger partial charge on any atom is 0.243 e. The maximum absolute atomic E-state index is 12.9. The minimum Gasteiger partial charge on any atom is -0.490 e. The van der Waals surface area contributed by atoms with Gasteiger partial charge in [0, 0.05) is 38.7 Å². The Kier molecular flexibility index (Phi) is 5.86. The Morgan fingerprint density at radius 3 is 2.40 bits per heavy atom. The molecule has 2 heterocycles. The molecule has 140 valence electrons. The van der Waals surface area contributed by atoms with Gasteiger partial charge in [-0.3, -0.25) is 0 Å². The molecule has 25 heavy (non-hydrogen) atoms. The van der Waals surface area contributed by atoms with E-state index in [1.807, 2.05) is 0 Å². The number of fused-ring (bicyclic) bond motifs is 1. The van der Waals surface area contributed by atoms with Crippen LogP contribution in [0.1, 0.15) is 26.7 Å². The van der Waals surface area contributed by atoms with E-state index in [9.17, 15) is 8.42 Å². The first-order valence-corrected chi connectivity index (χ1v) is 10.5. The zero-order valence-electron chi connectivity index (χ0n) is 15.1. The molecule has 0 bridgehead atoms. The minimum atomic E-state index is -3.49. The molecule has 0 radical (unpaired) electrons. The van der Waals surface area contributed by atoms with Crippen LogP contribution in [0.2, 0.25) is 0 Å². The fourth-order valence-electron chi connectivity index (χ4n) is 3.09. The van der Waals surface area contributed by atoms with E-state index in [1.54, 1.807) is 22.5 Å². The molecule has 0 aliphatic carbocycles. The highest BCUT2D eigenvalue weighted by Gasteiger charge is 2.29. The van der Waals surface area contributed by atoms with Gasteiger partial charge in [-0.2, -0.15) is 4.31 Å². The smallest absolute Gasteiger partial charge is 0.243 e. The van der Waals surface area contributed by atoms with Gasteiger partial charge in [0.05, 0.1) is 18.1 Å². The summed E-state index contributed by atoms with van der Waals surface area (Å²) >= 11 is 0. The summed E-state index contributed by atoms with van der Waals surface area (Å²) in [5, 5.41) is 0. The summed E-state index contributed by atoms with van der Waals surface area (Å²) in [4.78, 5) is 2.63. The van der Waals surface area contributed by atoms with Crippen molar-refractivity contribution < 1.29 is 17.9 Å². The molecule has 1 saturated heterocycles. The van der Waals surface area contributed by atoms with E-state index in [2.05, 4.69) is 18.7 Å². The van der Waals surface area contributed by atoms with Crippen LogP contribution in [0.3, 0.4) is 0 Å². The summed E-state index contributed by atoms with van der Waals surface area (Å²) < 4.78 is 38.7. The monoisotopic (exact) mass is 368 g/mol. The maximum atomic E-state index is 12.9. The fourth-order valence-corrected chi connectivity index (χ4v) is 4.53. The standard InChI is InChI=1S/C18H28N2O4S/c1-15(2)6-7-19-8-10-20(11-9-19)25(21,22)16-4-5-17-18(14-16)24-13-3-12-23-17/h4-5,14-15H,3,6-13H2,1-2H3. The van der Waals surface area contributed by atoms with Crippen molar-refractivity contribution in [3.8, 4) is 11.5 Å². The van der Waals surface area contributed by atoms with Gasteiger partial charge in [-0.1, -0.05) is 13.8 Å². The van der Waals surface area contributed by atoms with Gasteiger partial charge in [-0.15, -0.1) is 0 Å². The molecular weight excluding hydrogens is 340 g/mol. The molecular formula is C18H28N2O4S. The first-order valence-electron chi connectivity index (χ1n) is 9.09. The van der Waals surface area contributed by atoms with Gasteiger partial charge in [0.2, 0.25) is 10.0 Å². The Bertz CT molecular complexity index is 682. The predicted molar refractivity (Wildman–Crippen MR) is 96.7 cm³/mol. The van der Waals surface area contributed by atoms with Gasteiger partial charge in [0.25, 0.3) is 0 Å². The first kappa shape index (κ1) is 18.5. The van der Waals surface area contributed by atoms with Crippen molar-refractivity contribution in [2.24, 2.45) is 5.92 Å². The summed E-state index contributed by atoms with van der Waals surface area (Å²) in [6.07, 6.45) is 1.95. The van der Waals surface area contributed by atoms with Crippen LogP contribution in [0.5, 0.6) is 11.5 Å². The van der Waals surface area contributed by atoms with Crippen molar-refractivity contribution in [1.82, 2.24) is 9.21 Å². The highest BCUT2D eigenvalue weighted by molar-refractivity contribution is 7.89. The summed E-state index contributed by atoms with van der Waals surface area (Å²) in [5.41, 5.74) is 0. The van der Waals surface area contributed by atoms with Gasteiger partial charge < -0.3 is 14.4 Å². The molecule has 1 aromatic rings. The summed E-state index contributed by atoms with van der Waals surface area (Å²) in [6.45, 7) is 9.25. The predicted octanol–water partition coefficient (Wildman–Crippen LogP) is 2.20. The van der Waals surface area contributed by atoms with Gasteiger partial charge in [0.1, 0.15) is 0 Å². The third kappa shape index (κ3) is 4.46. The zero-order valence-corrected chi connectivity index (χ0v) is 15.9. The van der Waals surface area contributed by atoms with Crippen molar-refractivity contribution in [2.75, 3.05) is 45.9 Å². The number of ether oxygens (including phenoxy) is 2. The lowest BCUT2D eigenvalue weighted by molar-refractivity contribution is 0.180. The van der Waals surface area contributed by atoms with Crippen LogP contribution in [-0.2, 0) is 10.0 Å². The van der Waals surface area contributed by atoms with Gasteiger partial charge in [-0.25, -0.2) is 8.42 Å². The van der Waals surface area contributed by atoms with E-state index in [1.165, 1.54) is 0 Å². The van der Waals surface area contributed by atoms with Crippen LogP contribution in [0.4, 0.5) is 0 Å². The van der Waals surface area contributed by atoms with Crippen molar-refractivity contribution in [3.05, 3.63) is 18.2 Å². The molecule has 0 saturated carbocycles. The summed E-state index contributed by atoms with van der Waals surface area (Å²) in [6, 6.07) is 4.92. The normalized spacial score (nSPS) is 19.8. The SMILES string of the molecule is CC(C)CCN1CCN(S(=O)(=O)c2ccc3c(c2)OCCCO3)CC1. The second-order valence-electron chi connectivity index (χ2n) is 7.09. The van der Waals surface area contributed by atoms with E-state index in [0.717, 1.165) is 32.5 Å². The van der Waals surface area contributed by atoms with E-state index in [0.29, 0.717) is 43.7 Å². The largest absolute Gasteiger partial charge is 0.490 e. The number of rotatable bonds is 5. The number of nitrogens with zero attached hydrogens (tertiary/aromatic N) is 2. The quantitative estimate of drug-likeness (QED) is 0.797. The molecule has 0 unspecified atom stereocenters. The molecule has 0 spiro atoms. The molecule has 2 aliphatic heterocycles. The molecule has 2 aliphatic rings. The second kappa shape index (κ2) is 7.93. The van der Waals surface area contributed by atoms with Crippen molar-refractivity contribution in [3.63, 3.8) is 0 Å². The molecule has 3 rings (SSSR count). The summed E-state index contributed by atoms with van der Waals surface area (Å²) in [7, 11) is -3.49. The van der Waals surface area contributed by atoms with Crippen LogP contribution < -0.4 is 9.47 Å². The van der Waals surface area contributed by atoms with Gasteiger partial charge >= 0.3 is 0 Å². The number of hydrogen-bond acceptors (Lipinski definition) is 5. The molecule has 1 aromatic carbocycles. The lowest BCUT2D eigenvalue weighted by Gasteiger charge is -2.34. The number of piperazine rings is 1. The van der Waals surface area contributed by atoms with Crippen LogP contribution in [0.15, 0.2) is 23.1 Å². The molecule has 1 fully saturated rings. The van der Waals surface area contributed by atoms with Crippen LogP contribution in [-0.4, -0.2) is 63.6 Å². The van der Waals surface area contributed by atoms with Crippen molar-refractivity contribution in [2.45, 2.75) is 31.6 Å². The highest BCUT2D eigenvalue weighted by atomic mass is 32.2. The number of hydrogen-bond donors (Lipinski definition) is 0. The third-order valence-corrected chi connectivity index (χ3v) is 6.61. The molecule has 0 amide bonds. The highest BCUT2D eigenvalue weighted by Crippen LogP contribution is 2.33. The Labute approximate surface area is 150 Å². The lowest BCUT2D eigenvalue weighted by atomic mass is 10.1. The van der Waals surface area contributed by atoms with E-state index < -0.39 is 10.0 Å². The topological polar surface area (TPSA) is 59.1 Å². The van der Waals surface area contributed by atoms with E-state index >= 15 is 0 Å². The molecule has 7 heteroatoms. The first-order chi connectivity index (χ1) is 12.0. The Morgan fingerprint density at radius 2 is 1.72 bits per heavy atom. The van der Waals surface area contributed by atoms with Gasteiger partial charge in [0.15, 0.2) is 11.5 Å². The van der Waals surface area contributed by atoms with E-state index in [-0.39, 0.29) is 4.90 Å². The Morgan fingerprint density at radius 1 is 1.04 bits per heavy atom. The van der Waals surface area contributed by atoms with Crippen LogP contribution >= 0.6 is 0 Å². The average Bonchev–Trinajstić information content (AvgIpc) is 2.85. The minimum absolute atomic E-state index is 0.285. The molecule has 0 N–H and O–H groups in total. The summed E-state index contributed by atoms with van der Waals surface area (Å²) in [5.74, 6) is 1.81. The van der Waals surface area contributed by atoms with Crippen LogP contribution in [0.25, 0.3) is 0 Å². The van der Waals surface area contributed by atoms with Gasteiger partial charge in [-0.05, 0) is 31.0 Å². The molecule has 0 aromatic heterocycles. The van der Waals surface area contributed by atoms with Crippen molar-refractivity contribution in [1.29, 1.82) is 0 Å². The van der Waals surface area contributed by atoms with Crippen LogP contribution in [0, 0.1) is 5.92 Å². The third-order valence-electron chi connectivity index (χ3n) is 4.71. The molecule has 0 atom stereocenters. The average molecular weight is 368 g/mol. The zero-order chi connectivity index (χ0) is 17.9. The Hall–Kier alpha value is -1.31. The fraction of sp³-hybridized carbons (Fsp3) is 0.667.